The summed E-state index contributed by atoms with van der Waals surface area (Å²) in [5.41, 5.74) is 0. The molecule has 0 aliphatic carbocycles. The molecule has 0 aliphatic rings. The first kappa shape index (κ1) is 19.0. The van der Waals surface area contributed by atoms with Crippen molar-refractivity contribution in [2.24, 2.45) is 0 Å². The van der Waals surface area contributed by atoms with Gasteiger partial charge in [-0.15, -0.1) is 0 Å². The summed E-state index contributed by atoms with van der Waals surface area (Å²) in [5.74, 6) is 0. The third-order valence-electron chi connectivity index (χ3n) is 3.99. The van der Waals surface area contributed by atoms with Gasteiger partial charge in [0.15, 0.2) is 0 Å². The summed E-state index contributed by atoms with van der Waals surface area (Å²) in [6.45, 7) is 14.4. The Hall–Kier alpha value is -0.0400. The van der Waals surface area contributed by atoms with Crippen LogP contribution in [0.25, 0.3) is 0 Å². The molecule has 0 N–H and O–H groups in total. The Balaban J connectivity index is 3.30. The molecular weight excluding hydrogens is 230 g/mol. The zero-order chi connectivity index (χ0) is 14.5. The van der Waals surface area contributed by atoms with Crippen molar-refractivity contribution in [3.8, 4) is 0 Å². The van der Waals surface area contributed by atoms with E-state index in [0.717, 1.165) is 6.42 Å². The van der Waals surface area contributed by atoms with Crippen LogP contribution in [0.4, 0.5) is 0 Å². The van der Waals surface area contributed by atoms with Crippen LogP contribution in [0.1, 0.15) is 91.9 Å². The molecule has 0 saturated heterocycles. The van der Waals surface area contributed by atoms with Crippen molar-refractivity contribution in [3.63, 3.8) is 0 Å². The van der Waals surface area contributed by atoms with Gasteiger partial charge in [0.2, 0.25) is 0 Å². The quantitative estimate of drug-likeness (QED) is 0.379. The van der Waals surface area contributed by atoms with Crippen molar-refractivity contribution in [1.29, 1.82) is 0 Å². The highest BCUT2D eigenvalue weighted by Crippen LogP contribution is 2.12. The molecule has 1 heteroatoms. The smallest absolute Gasteiger partial charge is 0.00412 e. The van der Waals surface area contributed by atoms with E-state index in [2.05, 4.69) is 39.5 Å². The molecule has 19 heavy (non-hydrogen) atoms. The van der Waals surface area contributed by atoms with Crippen LogP contribution in [-0.2, 0) is 0 Å². The third-order valence-corrected chi connectivity index (χ3v) is 3.99. The topological polar surface area (TPSA) is 3.24 Å². The lowest BCUT2D eigenvalue weighted by molar-refractivity contribution is 0.171. The minimum atomic E-state index is 0.688. The Bertz CT molecular complexity index is 167. The first-order valence-electron chi connectivity index (χ1n) is 8.64. The van der Waals surface area contributed by atoms with Crippen LogP contribution in [0.15, 0.2) is 0 Å². The lowest BCUT2D eigenvalue weighted by Gasteiger charge is -2.30. The summed E-state index contributed by atoms with van der Waals surface area (Å²) in [5, 5.41) is 0. The van der Waals surface area contributed by atoms with Crippen molar-refractivity contribution >= 4 is 0 Å². The first-order chi connectivity index (χ1) is 9.09. The molecule has 0 aromatic carbocycles. The largest absolute Gasteiger partial charge is 0.299 e. The van der Waals surface area contributed by atoms with Gasteiger partial charge < -0.3 is 0 Å². The fourth-order valence-corrected chi connectivity index (χ4v) is 2.82. The third kappa shape index (κ3) is 11.5. The van der Waals surface area contributed by atoms with Gasteiger partial charge in [0.05, 0.1) is 0 Å². The molecule has 0 heterocycles. The zero-order valence-electron chi connectivity index (χ0n) is 14.1. The predicted octanol–water partition coefficient (Wildman–Crippen LogP) is 5.84. The van der Waals surface area contributed by atoms with E-state index >= 15 is 0 Å². The monoisotopic (exact) mass is 268 g/mol. The summed E-state index contributed by atoms with van der Waals surface area (Å²) in [4.78, 5) is 2.61. The average Bonchev–Trinajstić information content (AvgIpc) is 2.35. The van der Waals surface area contributed by atoms with Gasteiger partial charge in [-0.25, -0.2) is 0 Å². The Morgan fingerprint density at radius 2 is 1.00 bits per heavy atom. The fraction of sp³-hybridized carbons (Fsp3) is 0.944. The van der Waals surface area contributed by atoms with Gasteiger partial charge in [0.25, 0.3) is 0 Å². The highest BCUT2D eigenvalue weighted by atomic mass is 15.2. The fourth-order valence-electron chi connectivity index (χ4n) is 2.82. The standard InChI is InChI=1S/C18H38N/c1-6-7-8-9-10-11-12-13-14-15-16-19(17(2)3)18(4)5/h17-18H,1,6-16H2,2-5H3. The zero-order valence-corrected chi connectivity index (χ0v) is 14.1. The molecule has 1 radical (unpaired) electrons. The van der Waals surface area contributed by atoms with Crippen LogP contribution in [-0.4, -0.2) is 23.5 Å². The molecule has 0 aromatic rings. The Labute approximate surface area is 123 Å². The van der Waals surface area contributed by atoms with E-state index in [1.54, 1.807) is 0 Å². The van der Waals surface area contributed by atoms with Crippen LogP contribution in [0.5, 0.6) is 0 Å². The molecule has 0 atom stereocenters. The molecule has 0 unspecified atom stereocenters. The van der Waals surface area contributed by atoms with Gasteiger partial charge in [-0.3, -0.25) is 4.90 Å². The van der Waals surface area contributed by atoms with E-state index < -0.39 is 0 Å². The minimum absolute atomic E-state index is 0.688. The van der Waals surface area contributed by atoms with Crippen LogP contribution in [0, 0.1) is 6.92 Å². The second-order valence-corrected chi connectivity index (χ2v) is 6.46. The van der Waals surface area contributed by atoms with E-state index in [1.807, 2.05) is 0 Å². The average molecular weight is 269 g/mol. The second kappa shape index (κ2) is 13.0. The van der Waals surface area contributed by atoms with Crippen LogP contribution < -0.4 is 0 Å². The number of hydrogen-bond acceptors (Lipinski definition) is 1. The van der Waals surface area contributed by atoms with Gasteiger partial charge in [-0.05, 0) is 40.7 Å². The van der Waals surface area contributed by atoms with E-state index in [4.69, 9.17) is 0 Å². The summed E-state index contributed by atoms with van der Waals surface area (Å²) in [6, 6.07) is 1.38. The molecule has 0 aromatic heterocycles. The number of nitrogens with zero attached hydrogens (tertiary/aromatic N) is 1. The molecule has 0 spiro atoms. The van der Waals surface area contributed by atoms with Crippen molar-refractivity contribution in [1.82, 2.24) is 4.90 Å². The molecule has 0 rings (SSSR count). The first-order valence-corrected chi connectivity index (χ1v) is 8.64. The summed E-state index contributed by atoms with van der Waals surface area (Å²) in [6.07, 6.45) is 13.8. The van der Waals surface area contributed by atoms with Crippen LogP contribution in [0.2, 0.25) is 0 Å². The van der Waals surface area contributed by atoms with E-state index in [9.17, 15) is 0 Å². The lowest BCUT2D eigenvalue weighted by Crippen LogP contribution is -2.37. The summed E-state index contributed by atoms with van der Waals surface area (Å²) in [7, 11) is 0. The predicted molar refractivity (Wildman–Crippen MR) is 88.5 cm³/mol. The van der Waals surface area contributed by atoms with Crippen molar-refractivity contribution in [3.05, 3.63) is 6.92 Å². The lowest BCUT2D eigenvalue weighted by atomic mass is 10.1. The highest BCUT2D eigenvalue weighted by Gasteiger charge is 2.11. The molecule has 115 valence electrons. The molecule has 0 saturated carbocycles. The maximum atomic E-state index is 3.89. The molecule has 0 aliphatic heterocycles. The van der Waals surface area contributed by atoms with E-state index in [0.29, 0.717) is 12.1 Å². The molecule has 0 fully saturated rings. The normalized spacial score (nSPS) is 12.0. The maximum Gasteiger partial charge on any atom is 0.00412 e. The SMILES string of the molecule is [CH2]CCCCCCCCCCCN(C(C)C)C(C)C. The Morgan fingerprint density at radius 3 is 1.37 bits per heavy atom. The van der Waals surface area contributed by atoms with Crippen LogP contribution >= 0.6 is 0 Å². The molecular formula is C18H38N. The van der Waals surface area contributed by atoms with Gasteiger partial charge in [0, 0.05) is 12.1 Å². The maximum absolute atomic E-state index is 3.89. The summed E-state index contributed by atoms with van der Waals surface area (Å²) >= 11 is 0. The van der Waals surface area contributed by atoms with Crippen molar-refractivity contribution < 1.29 is 0 Å². The second-order valence-electron chi connectivity index (χ2n) is 6.46. The van der Waals surface area contributed by atoms with Gasteiger partial charge in [-0.2, -0.15) is 0 Å². The number of hydrogen-bond donors (Lipinski definition) is 0. The molecule has 1 nitrogen and oxygen atoms in total. The van der Waals surface area contributed by atoms with Gasteiger partial charge in [0.1, 0.15) is 0 Å². The molecule has 0 bridgehead atoms. The number of rotatable bonds is 13. The van der Waals surface area contributed by atoms with E-state index in [1.165, 1.54) is 64.3 Å². The molecule has 0 amide bonds. The van der Waals surface area contributed by atoms with Crippen molar-refractivity contribution in [2.75, 3.05) is 6.54 Å². The summed E-state index contributed by atoms with van der Waals surface area (Å²) < 4.78 is 0. The van der Waals surface area contributed by atoms with Gasteiger partial charge >= 0.3 is 0 Å². The Morgan fingerprint density at radius 1 is 0.632 bits per heavy atom. The van der Waals surface area contributed by atoms with E-state index in [-0.39, 0.29) is 0 Å². The minimum Gasteiger partial charge on any atom is -0.299 e. The van der Waals surface area contributed by atoms with Crippen molar-refractivity contribution in [2.45, 2.75) is 104 Å². The highest BCUT2D eigenvalue weighted by molar-refractivity contribution is 4.67. The van der Waals surface area contributed by atoms with Gasteiger partial charge in [-0.1, -0.05) is 64.7 Å². The van der Waals surface area contributed by atoms with Crippen LogP contribution in [0.3, 0.4) is 0 Å². The Kier molecular flexibility index (Phi) is 12.9. The number of unbranched alkanes of at least 4 members (excludes halogenated alkanes) is 9.